The second-order valence-electron chi connectivity index (χ2n) is 5.75. The third-order valence-corrected chi connectivity index (χ3v) is 6.06. The number of azide groups is 1. The van der Waals surface area contributed by atoms with Crippen LogP contribution >= 0.6 is 0 Å². The lowest BCUT2D eigenvalue weighted by atomic mass is 10.2. The molecule has 0 aliphatic carbocycles. The predicted molar refractivity (Wildman–Crippen MR) is 96.4 cm³/mol. The maximum absolute atomic E-state index is 12.8. The Morgan fingerprint density at radius 1 is 1.00 bits per heavy atom. The van der Waals surface area contributed by atoms with Crippen LogP contribution in [0.3, 0.4) is 0 Å². The lowest BCUT2D eigenvalue weighted by Gasteiger charge is -2.34. The summed E-state index contributed by atoms with van der Waals surface area (Å²) in [5, 5.41) is 3.44. The number of rotatable bonds is 4. The number of hydrogen-bond donors (Lipinski definition) is 0. The van der Waals surface area contributed by atoms with Gasteiger partial charge < -0.3 is 4.90 Å². The first-order chi connectivity index (χ1) is 12.5. The topological polar surface area (TPSA) is 106 Å². The molecule has 0 N–H and O–H groups in total. The van der Waals surface area contributed by atoms with Gasteiger partial charge in [-0.15, -0.1) is 0 Å². The van der Waals surface area contributed by atoms with Crippen molar-refractivity contribution in [3.8, 4) is 0 Å². The van der Waals surface area contributed by atoms with Crippen LogP contribution in [0.25, 0.3) is 10.4 Å². The Kier molecular flexibility index (Phi) is 5.22. The Bertz CT molecular complexity index is 947. The standard InChI is InChI=1S/C17H17N5O3S/c18-20-19-15-7-4-8-16(13-15)26(24,25)22-11-9-21(10-12-22)17(23)14-5-2-1-3-6-14/h1-8,13H,9-12H2. The van der Waals surface area contributed by atoms with Gasteiger partial charge in [0.25, 0.3) is 5.91 Å². The molecule has 0 spiro atoms. The molecule has 0 atom stereocenters. The number of carbonyl (C=O) groups excluding carboxylic acids is 1. The Morgan fingerprint density at radius 2 is 1.69 bits per heavy atom. The normalized spacial score (nSPS) is 15.3. The van der Waals surface area contributed by atoms with Gasteiger partial charge in [0, 0.05) is 42.3 Å². The summed E-state index contributed by atoms with van der Waals surface area (Å²) in [6.07, 6.45) is 0. The highest BCUT2D eigenvalue weighted by molar-refractivity contribution is 7.89. The fourth-order valence-electron chi connectivity index (χ4n) is 2.80. The molecule has 1 heterocycles. The van der Waals surface area contributed by atoms with Crippen LogP contribution in [0.4, 0.5) is 5.69 Å². The highest BCUT2D eigenvalue weighted by atomic mass is 32.2. The molecular weight excluding hydrogens is 354 g/mol. The zero-order valence-electron chi connectivity index (χ0n) is 13.9. The first kappa shape index (κ1) is 17.9. The van der Waals surface area contributed by atoms with Crippen molar-refractivity contribution >= 4 is 21.6 Å². The van der Waals surface area contributed by atoms with Gasteiger partial charge in [0.05, 0.1) is 4.90 Å². The zero-order chi connectivity index (χ0) is 18.6. The molecule has 1 saturated heterocycles. The Balaban J connectivity index is 1.72. The van der Waals surface area contributed by atoms with Crippen LogP contribution in [0.5, 0.6) is 0 Å². The average Bonchev–Trinajstić information content (AvgIpc) is 2.69. The molecule has 0 aromatic heterocycles. The van der Waals surface area contributed by atoms with E-state index in [0.29, 0.717) is 18.7 Å². The van der Waals surface area contributed by atoms with Gasteiger partial charge in [-0.3, -0.25) is 4.79 Å². The fourth-order valence-corrected chi connectivity index (χ4v) is 4.26. The summed E-state index contributed by atoms with van der Waals surface area (Å²) in [7, 11) is -3.70. The molecule has 2 aromatic carbocycles. The number of hydrogen-bond acceptors (Lipinski definition) is 4. The molecule has 1 aliphatic heterocycles. The Morgan fingerprint density at radius 3 is 2.35 bits per heavy atom. The summed E-state index contributed by atoms with van der Waals surface area (Å²) in [5.41, 5.74) is 9.33. The number of carbonyl (C=O) groups is 1. The highest BCUT2D eigenvalue weighted by Gasteiger charge is 2.30. The summed E-state index contributed by atoms with van der Waals surface area (Å²) in [6.45, 7) is 1.07. The van der Waals surface area contributed by atoms with Crippen molar-refractivity contribution < 1.29 is 13.2 Å². The second kappa shape index (κ2) is 7.57. The first-order valence-electron chi connectivity index (χ1n) is 8.02. The van der Waals surface area contributed by atoms with Crippen LogP contribution in [-0.4, -0.2) is 49.7 Å². The lowest BCUT2D eigenvalue weighted by molar-refractivity contribution is 0.0698. The molecule has 2 aromatic rings. The number of piperazine rings is 1. The summed E-state index contributed by atoms with van der Waals surface area (Å²) in [6, 6.07) is 14.8. The van der Waals surface area contributed by atoms with E-state index in [1.54, 1.807) is 29.2 Å². The van der Waals surface area contributed by atoms with Crippen molar-refractivity contribution in [1.82, 2.24) is 9.21 Å². The number of benzene rings is 2. The lowest BCUT2D eigenvalue weighted by Crippen LogP contribution is -2.50. The quantitative estimate of drug-likeness (QED) is 0.468. The van der Waals surface area contributed by atoms with E-state index in [0.717, 1.165) is 0 Å². The van der Waals surface area contributed by atoms with Gasteiger partial charge in [-0.25, -0.2) is 8.42 Å². The number of nitrogens with zero attached hydrogens (tertiary/aromatic N) is 5. The van der Waals surface area contributed by atoms with Crippen molar-refractivity contribution in [1.29, 1.82) is 0 Å². The van der Waals surface area contributed by atoms with E-state index in [-0.39, 0.29) is 29.6 Å². The SMILES string of the molecule is [N-]=[N+]=Nc1cccc(S(=O)(=O)N2CCN(C(=O)c3ccccc3)CC2)c1. The minimum absolute atomic E-state index is 0.0743. The van der Waals surface area contributed by atoms with Crippen molar-refractivity contribution in [3.05, 3.63) is 70.6 Å². The zero-order valence-corrected chi connectivity index (χ0v) is 14.7. The molecule has 0 unspecified atom stereocenters. The van der Waals surface area contributed by atoms with Gasteiger partial charge in [-0.2, -0.15) is 4.31 Å². The van der Waals surface area contributed by atoms with E-state index in [1.165, 1.54) is 28.6 Å². The molecule has 3 rings (SSSR count). The smallest absolute Gasteiger partial charge is 0.253 e. The van der Waals surface area contributed by atoms with Gasteiger partial charge in [-0.05, 0) is 29.8 Å². The molecule has 0 radical (unpaired) electrons. The third-order valence-electron chi connectivity index (χ3n) is 4.16. The molecule has 1 fully saturated rings. The first-order valence-corrected chi connectivity index (χ1v) is 9.46. The Hall–Kier alpha value is -2.87. The van der Waals surface area contributed by atoms with Crippen LogP contribution < -0.4 is 0 Å². The van der Waals surface area contributed by atoms with Gasteiger partial charge in [0.2, 0.25) is 10.0 Å². The van der Waals surface area contributed by atoms with Crippen molar-refractivity contribution in [3.63, 3.8) is 0 Å². The summed E-state index contributed by atoms with van der Waals surface area (Å²) < 4.78 is 26.9. The maximum Gasteiger partial charge on any atom is 0.253 e. The van der Waals surface area contributed by atoms with Crippen LogP contribution in [-0.2, 0) is 10.0 Å². The average molecular weight is 371 g/mol. The molecule has 8 nitrogen and oxygen atoms in total. The summed E-state index contributed by atoms with van der Waals surface area (Å²) >= 11 is 0. The number of sulfonamides is 1. The fraction of sp³-hybridized carbons (Fsp3) is 0.235. The van der Waals surface area contributed by atoms with Crippen LogP contribution in [0.1, 0.15) is 10.4 Å². The van der Waals surface area contributed by atoms with Crippen molar-refractivity contribution in [2.75, 3.05) is 26.2 Å². The summed E-state index contributed by atoms with van der Waals surface area (Å²) in [5.74, 6) is -0.104. The predicted octanol–water partition coefficient (Wildman–Crippen LogP) is 2.78. The molecule has 0 bridgehead atoms. The minimum Gasteiger partial charge on any atom is -0.336 e. The largest absolute Gasteiger partial charge is 0.336 e. The van der Waals surface area contributed by atoms with Gasteiger partial charge in [0.15, 0.2) is 0 Å². The third kappa shape index (κ3) is 3.70. The molecule has 1 aliphatic rings. The molecule has 0 saturated carbocycles. The molecule has 134 valence electrons. The van der Waals surface area contributed by atoms with Crippen LogP contribution in [0, 0.1) is 0 Å². The molecule has 1 amide bonds. The van der Waals surface area contributed by atoms with E-state index in [9.17, 15) is 13.2 Å². The molecule has 26 heavy (non-hydrogen) atoms. The molecular formula is C17H17N5O3S. The van der Waals surface area contributed by atoms with Crippen LogP contribution in [0.15, 0.2) is 64.6 Å². The van der Waals surface area contributed by atoms with Gasteiger partial charge in [0.1, 0.15) is 0 Å². The monoisotopic (exact) mass is 371 g/mol. The van der Waals surface area contributed by atoms with E-state index in [4.69, 9.17) is 5.53 Å². The summed E-state index contributed by atoms with van der Waals surface area (Å²) in [4.78, 5) is 16.9. The van der Waals surface area contributed by atoms with E-state index in [1.807, 2.05) is 6.07 Å². The van der Waals surface area contributed by atoms with Crippen molar-refractivity contribution in [2.24, 2.45) is 5.11 Å². The second-order valence-corrected chi connectivity index (χ2v) is 7.69. The van der Waals surface area contributed by atoms with E-state index >= 15 is 0 Å². The Labute approximate surface area is 151 Å². The number of amides is 1. The van der Waals surface area contributed by atoms with Gasteiger partial charge in [-0.1, -0.05) is 35.4 Å². The van der Waals surface area contributed by atoms with Crippen LogP contribution in [0.2, 0.25) is 0 Å². The maximum atomic E-state index is 12.8. The van der Waals surface area contributed by atoms with E-state index < -0.39 is 10.0 Å². The minimum atomic E-state index is -3.70. The van der Waals surface area contributed by atoms with Gasteiger partial charge >= 0.3 is 0 Å². The van der Waals surface area contributed by atoms with Crippen molar-refractivity contribution in [2.45, 2.75) is 4.90 Å². The van der Waals surface area contributed by atoms with E-state index in [2.05, 4.69) is 10.0 Å². The molecule has 9 heteroatoms. The highest BCUT2D eigenvalue weighted by Crippen LogP contribution is 2.23.